The molecule has 0 spiro atoms. The van der Waals surface area contributed by atoms with E-state index in [2.05, 4.69) is 6.92 Å². The van der Waals surface area contributed by atoms with Gasteiger partial charge in [0.05, 0.1) is 6.61 Å². The van der Waals surface area contributed by atoms with Gasteiger partial charge in [0.2, 0.25) is 5.95 Å². The van der Waals surface area contributed by atoms with Crippen LogP contribution < -0.4 is 20.9 Å². The fourth-order valence-electron chi connectivity index (χ4n) is 4.66. The number of hydrogen-bond acceptors (Lipinski definition) is 7. The van der Waals surface area contributed by atoms with Crippen molar-refractivity contribution in [1.82, 2.24) is 18.7 Å². The van der Waals surface area contributed by atoms with Crippen LogP contribution in [0.4, 0.5) is 11.6 Å². The lowest BCUT2D eigenvalue weighted by Gasteiger charge is -2.33. The van der Waals surface area contributed by atoms with E-state index in [-0.39, 0.29) is 23.7 Å². The van der Waals surface area contributed by atoms with E-state index in [1.807, 2.05) is 71.0 Å². The minimum absolute atomic E-state index is 0.0631. The molecule has 10 heteroatoms. The van der Waals surface area contributed by atoms with E-state index in [4.69, 9.17) is 14.5 Å². The maximum absolute atomic E-state index is 13.6. The Morgan fingerprint density at radius 3 is 2.49 bits per heavy atom. The number of benzene rings is 2. The molecule has 0 amide bonds. The van der Waals surface area contributed by atoms with Crippen LogP contribution in [0.3, 0.4) is 0 Å². The number of imidazole rings is 1. The van der Waals surface area contributed by atoms with Crippen LogP contribution >= 0.6 is 0 Å². The highest BCUT2D eigenvalue weighted by atomic mass is 16.5. The average Bonchev–Trinajstić information content (AvgIpc) is 3.29. The first-order valence-electron chi connectivity index (χ1n) is 12.3. The Morgan fingerprint density at radius 1 is 1.05 bits per heavy atom. The molecule has 1 aliphatic heterocycles. The van der Waals surface area contributed by atoms with Gasteiger partial charge in [-0.05, 0) is 42.7 Å². The van der Waals surface area contributed by atoms with Crippen molar-refractivity contribution in [3.8, 4) is 5.75 Å². The normalized spacial score (nSPS) is 15.0. The van der Waals surface area contributed by atoms with Gasteiger partial charge in [-0.1, -0.05) is 37.3 Å². The third-order valence-corrected chi connectivity index (χ3v) is 6.43. The summed E-state index contributed by atoms with van der Waals surface area (Å²) in [6, 6.07) is 16.9. The van der Waals surface area contributed by atoms with E-state index in [1.165, 1.54) is 4.57 Å². The molecule has 0 aliphatic carbocycles. The molecule has 0 saturated carbocycles. The molecule has 0 radical (unpaired) electrons. The first-order valence-corrected chi connectivity index (χ1v) is 12.3. The Balaban J connectivity index is 1.51. The van der Waals surface area contributed by atoms with Gasteiger partial charge in [0, 0.05) is 25.8 Å². The number of aromatic nitrogens is 4. The number of nitrogens with zero attached hydrogens (tertiary/aromatic N) is 5. The number of carbonyl (C=O) groups is 1. The predicted octanol–water partition coefficient (Wildman–Crippen LogP) is 2.83. The van der Waals surface area contributed by atoms with Crippen molar-refractivity contribution in [2.45, 2.75) is 33.5 Å². The van der Waals surface area contributed by atoms with Crippen LogP contribution in [0.5, 0.6) is 5.75 Å². The average molecular weight is 504 g/mol. The van der Waals surface area contributed by atoms with E-state index in [9.17, 15) is 14.4 Å². The molecular formula is C27H29N5O5. The Kier molecular flexibility index (Phi) is 6.56. The number of aryl methyl sites for hydroxylation is 1. The van der Waals surface area contributed by atoms with Crippen molar-refractivity contribution >= 4 is 28.8 Å². The smallest absolute Gasteiger partial charge is 0.333 e. The molecule has 192 valence electrons. The van der Waals surface area contributed by atoms with Gasteiger partial charge in [-0.2, -0.15) is 4.98 Å². The molecule has 0 saturated heterocycles. The second-order valence-electron chi connectivity index (χ2n) is 9.22. The zero-order valence-corrected chi connectivity index (χ0v) is 21.1. The molecule has 2 aromatic heterocycles. The van der Waals surface area contributed by atoms with Gasteiger partial charge < -0.3 is 18.9 Å². The number of hydrogen-bond donors (Lipinski definition) is 0. The fourth-order valence-corrected chi connectivity index (χ4v) is 4.66. The summed E-state index contributed by atoms with van der Waals surface area (Å²) in [5.41, 5.74) is 1.11. The van der Waals surface area contributed by atoms with Crippen LogP contribution in [0.25, 0.3) is 11.2 Å². The summed E-state index contributed by atoms with van der Waals surface area (Å²) in [7, 11) is 1.56. The lowest BCUT2D eigenvalue weighted by Crippen LogP contribution is -2.42. The van der Waals surface area contributed by atoms with Gasteiger partial charge in [-0.25, -0.2) is 9.36 Å². The number of carbonyl (C=O) groups excluding carboxylic acids is 1. The Labute approximate surface area is 213 Å². The maximum atomic E-state index is 13.6. The van der Waals surface area contributed by atoms with Gasteiger partial charge in [0.1, 0.15) is 18.9 Å². The van der Waals surface area contributed by atoms with E-state index in [1.54, 1.807) is 7.05 Å². The van der Waals surface area contributed by atoms with Crippen molar-refractivity contribution in [3.63, 3.8) is 0 Å². The number of esters is 1. The first kappa shape index (κ1) is 24.4. The quantitative estimate of drug-likeness (QED) is 0.358. The molecule has 2 aromatic carbocycles. The summed E-state index contributed by atoms with van der Waals surface area (Å²) in [5.74, 6) is 0.894. The molecular weight excluding hydrogens is 474 g/mol. The number of fused-ring (bicyclic) bond motifs is 3. The third-order valence-electron chi connectivity index (χ3n) is 6.43. The summed E-state index contributed by atoms with van der Waals surface area (Å²) in [4.78, 5) is 45.9. The van der Waals surface area contributed by atoms with Crippen molar-refractivity contribution in [2.75, 3.05) is 18.1 Å². The SMILES string of the molecule is CCOc1ccc(N2C[C@H](C)Cn3c2nc2c3c(=O)n(CC(=O)OCc3ccccc3)c(=O)n2C)cc1. The van der Waals surface area contributed by atoms with Gasteiger partial charge in [0.25, 0.3) is 5.56 Å². The molecule has 0 unspecified atom stereocenters. The zero-order chi connectivity index (χ0) is 26.1. The second-order valence-corrected chi connectivity index (χ2v) is 9.22. The highest BCUT2D eigenvalue weighted by Crippen LogP contribution is 2.33. The first-order chi connectivity index (χ1) is 17.9. The molecule has 1 aliphatic rings. The predicted molar refractivity (Wildman–Crippen MR) is 139 cm³/mol. The Bertz CT molecular complexity index is 1550. The standard InChI is InChI=1S/C27H29N5O5/c1-4-36-21-12-10-20(11-13-21)30-14-18(2)15-31-23-24(28-26(30)31)29(3)27(35)32(25(23)34)16-22(33)37-17-19-8-6-5-7-9-19/h5-13,18H,4,14-17H2,1-3H3/t18-/m0/s1. The third kappa shape index (κ3) is 4.62. The summed E-state index contributed by atoms with van der Waals surface area (Å²) in [6.07, 6.45) is 0. The van der Waals surface area contributed by atoms with Crippen LogP contribution in [-0.4, -0.2) is 37.8 Å². The number of ether oxygens (including phenoxy) is 2. The lowest BCUT2D eigenvalue weighted by atomic mass is 10.1. The summed E-state index contributed by atoms with van der Waals surface area (Å²) in [5, 5.41) is 0. The molecule has 10 nitrogen and oxygen atoms in total. The van der Waals surface area contributed by atoms with Crippen LogP contribution in [0.2, 0.25) is 0 Å². The monoisotopic (exact) mass is 503 g/mol. The van der Waals surface area contributed by atoms with Crippen molar-refractivity contribution < 1.29 is 14.3 Å². The maximum Gasteiger partial charge on any atom is 0.333 e. The molecule has 5 rings (SSSR count). The van der Waals surface area contributed by atoms with Crippen LogP contribution in [0, 0.1) is 5.92 Å². The van der Waals surface area contributed by atoms with Crippen molar-refractivity contribution in [1.29, 1.82) is 0 Å². The number of anilines is 2. The van der Waals surface area contributed by atoms with E-state index in [0.717, 1.165) is 21.6 Å². The molecule has 0 N–H and O–H groups in total. The molecule has 3 heterocycles. The zero-order valence-electron chi connectivity index (χ0n) is 21.1. The minimum atomic E-state index is -0.662. The Morgan fingerprint density at radius 2 is 1.78 bits per heavy atom. The molecule has 4 aromatic rings. The van der Waals surface area contributed by atoms with Gasteiger partial charge in [-0.3, -0.25) is 14.2 Å². The lowest BCUT2D eigenvalue weighted by molar-refractivity contribution is -0.145. The highest BCUT2D eigenvalue weighted by molar-refractivity contribution is 5.77. The second kappa shape index (κ2) is 9.96. The topological polar surface area (TPSA) is 101 Å². The largest absolute Gasteiger partial charge is 0.494 e. The van der Waals surface area contributed by atoms with Gasteiger partial charge in [-0.15, -0.1) is 0 Å². The van der Waals surface area contributed by atoms with Crippen LogP contribution in [-0.2, 0) is 36.3 Å². The molecule has 37 heavy (non-hydrogen) atoms. The van der Waals surface area contributed by atoms with Gasteiger partial charge in [0.15, 0.2) is 11.2 Å². The van der Waals surface area contributed by atoms with E-state index in [0.29, 0.717) is 25.6 Å². The molecule has 1 atom stereocenters. The van der Waals surface area contributed by atoms with E-state index < -0.39 is 23.8 Å². The van der Waals surface area contributed by atoms with Crippen LogP contribution in [0.1, 0.15) is 19.4 Å². The molecule has 0 fully saturated rings. The minimum Gasteiger partial charge on any atom is -0.494 e. The summed E-state index contributed by atoms with van der Waals surface area (Å²) < 4.78 is 15.0. The highest BCUT2D eigenvalue weighted by Gasteiger charge is 2.30. The van der Waals surface area contributed by atoms with Crippen molar-refractivity contribution in [3.05, 3.63) is 81.0 Å². The van der Waals surface area contributed by atoms with Crippen LogP contribution in [0.15, 0.2) is 64.2 Å². The molecule has 0 bridgehead atoms. The fraction of sp³-hybridized carbons (Fsp3) is 0.333. The summed E-state index contributed by atoms with van der Waals surface area (Å²) >= 11 is 0. The number of rotatable bonds is 7. The Hall–Kier alpha value is -4.34. The van der Waals surface area contributed by atoms with E-state index >= 15 is 0 Å². The van der Waals surface area contributed by atoms with Gasteiger partial charge >= 0.3 is 11.7 Å². The van der Waals surface area contributed by atoms with Crippen molar-refractivity contribution in [2.24, 2.45) is 13.0 Å². The summed E-state index contributed by atoms with van der Waals surface area (Å²) in [6.45, 7) is 5.45.